The van der Waals surface area contributed by atoms with Crippen LogP contribution in [0.25, 0.3) is 0 Å². The molecule has 0 radical (unpaired) electrons. The van der Waals surface area contributed by atoms with Crippen molar-refractivity contribution in [1.82, 2.24) is 5.32 Å². The maximum absolute atomic E-state index is 12.1. The highest BCUT2D eigenvalue weighted by molar-refractivity contribution is 5.99. The van der Waals surface area contributed by atoms with Gasteiger partial charge in [-0.3, -0.25) is 9.59 Å². The molecule has 29 heavy (non-hydrogen) atoms. The van der Waals surface area contributed by atoms with Crippen molar-refractivity contribution in [2.75, 3.05) is 18.7 Å². The Labute approximate surface area is 166 Å². The van der Waals surface area contributed by atoms with Crippen LogP contribution in [0.1, 0.15) is 15.9 Å². The number of anilines is 1. The van der Waals surface area contributed by atoms with Crippen molar-refractivity contribution >= 4 is 17.5 Å². The van der Waals surface area contributed by atoms with Gasteiger partial charge in [-0.1, -0.05) is 12.1 Å². The largest absolute Gasteiger partial charge is 0.489 e. The van der Waals surface area contributed by atoms with Gasteiger partial charge in [-0.15, -0.1) is 0 Å². The molecule has 4 rings (SSSR count). The van der Waals surface area contributed by atoms with E-state index in [9.17, 15) is 9.59 Å². The highest BCUT2D eigenvalue weighted by Gasteiger charge is 2.14. The number of amides is 2. The van der Waals surface area contributed by atoms with Gasteiger partial charge in [0.05, 0.1) is 18.4 Å². The topological polar surface area (TPSA) is 99.0 Å². The van der Waals surface area contributed by atoms with Gasteiger partial charge >= 0.3 is 0 Å². The molecule has 0 saturated carbocycles. The molecular formula is C21H18N2O6. The number of furan rings is 1. The smallest absolute Gasteiger partial charge is 0.254 e. The van der Waals surface area contributed by atoms with Gasteiger partial charge in [-0.25, -0.2) is 0 Å². The third kappa shape index (κ3) is 4.67. The zero-order valence-corrected chi connectivity index (χ0v) is 15.3. The van der Waals surface area contributed by atoms with Crippen LogP contribution in [0.3, 0.4) is 0 Å². The summed E-state index contributed by atoms with van der Waals surface area (Å²) in [6, 6.07) is 14.2. The van der Waals surface area contributed by atoms with E-state index in [0.29, 0.717) is 35.1 Å². The fourth-order valence-electron chi connectivity index (χ4n) is 2.73. The number of nitrogens with one attached hydrogen (secondary N) is 2. The first kappa shape index (κ1) is 18.4. The van der Waals surface area contributed by atoms with Crippen LogP contribution in [-0.2, 0) is 11.4 Å². The van der Waals surface area contributed by atoms with Crippen LogP contribution >= 0.6 is 0 Å². The van der Waals surface area contributed by atoms with Gasteiger partial charge in [0.15, 0.2) is 11.5 Å². The number of hydrogen-bond acceptors (Lipinski definition) is 6. The van der Waals surface area contributed by atoms with Gasteiger partial charge in [0.1, 0.15) is 18.6 Å². The van der Waals surface area contributed by atoms with Gasteiger partial charge in [-0.2, -0.15) is 0 Å². The maximum atomic E-state index is 12.1. The number of carbonyl (C=O) groups is 2. The molecule has 8 nitrogen and oxygen atoms in total. The molecule has 0 saturated heterocycles. The molecule has 1 aliphatic heterocycles. The Morgan fingerprint density at radius 3 is 2.79 bits per heavy atom. The molecule has 0 aliphatic carbocycles. The highest BCUT2D eigenvalue weighted by atomic mass is 16.7. The van der Waals surface area contributed by atoms with E-state index in [1.807, 2.05) is 24.3 Å². The van der Waals surface area contributed by atoms with Crippen LogP contribution in [0.5, 0.6) is 17.2 Å². The normalized spacial score (nSPS) is 11.7. The summed E-state index contributed by atoms with van der Waals surface area (Å²) in [5.41, 5.74) is 1.85. The van der Waals surface area contributed by atoms with Crippen molar-refractivity contribution in [1.29, 1.82) is 0 Å². The summed E-state index contributed by atoms with van der Waals surface area (Å²) in [5.74, 6) is 1.30. The fraction of sp³-hybridized carbons (Fsp3) is 0.143. The van der Waals surface area contributed by atoms with Crippen molar-refractivity contribution in [3.8, 4) is 17.2 Å². The molecule has 1 aliphatic rings. The van der Waals surface area contributed by atoms with Crippen molar-refractivity contribution in [2.45, 2.75) is 6.61 Å². The third-order valence-corrected chi connectivity index (χ3v) is 4.15. The Kier molecular flexibility index (Phi) is 5.33. The van der Waals surface area contributed by atoms with E-state index < -0.39 is 0 Å². The summed E-state index contributed by atoms with van der Waals surface area (Å²) >= 11 is 0. The summed E-state index contributed by atoms with van der Waals surface area (Å²) < 4.78 is 21.2. The first-order valence-electron chi connectivity index (χ1n) is 8.89. The van der Waals surface area contributed by atoms with Crippen LogP contribution in [0.2, 0.25) is 0 Å². The number of fused-ring (bicyclic) bond motifs is 1. The Balaban J connectivity index is 1.29. The molecule has 2 N–H and O–H groups in total. The van der Waals surface area contributed by atoms with Crippen molar-refractivity contribution in [2.24, 2.45) is 0 Å². The SMILES string of the molecule is O=C(CNC(=O)c1ccoc1)Nc1cccc(COc2ccc3c(c2)OCO3)c1. The van der Waals surface area contributed by atoms with E-state index >= 15 is 0 Å². The average Bonchev–Trinajstić information content (AvgIpc) is 3.42. The highest BCUT2D eigenvalue weighted by Crippen LogP contribution is 2.35. The van der Waals surface area contributed by atoms with Crippen LogP contribution in [0.4, 0.5) is 5.69 Å². The van der Waals surface area contributed by atoms with Crippen LogP contribution in [0.15, 0.2) is 65.5 Å². The monoisotopic (exact) mass is 394 g/mol. The Morgan fingerprint density at radius 2 is 1.93 bits per heavy atom. The standard InChI is InChI=1S/C21H18N2O6/c24-20(10-22-21(25)15-6-7-26-12-15)23-16-3-1-2-14(8-16)11-27-17-4-5-18-19(9-17)29-13-28-18/h1-9,12H,10-11,13H2,(H,22,25)(H,23,24). The molecule has 2 amide bonds. The van der Waals surface area contributed by atoms with Gasteiger partial charge in [-0.05, 0) is 35.9 Å². The lowest BCUT2D eigenvalue weighted by molar-refractivity contribution is -0.115. The first-order valence-corrected chi connectivity index (χ1v) is 8.89. The summed E-state index contributed by atoms with van der Waals surface area (Å²) in [7, 11) is 0. The summed E-state index contributed by atoms with van der Waals surface area (Å²) in [5, 5.41) is 5.28. The number of ether oxygens (including phenoxy) is 3. The molecule has 0 unspecified atom stereocenters. The Bertz CT molecular complexity index is 1020. The quantitative estimate of drug-likeness (QED) is 0.639. The zero-order valence-electron chi connectivity index (χ0n) is 15.3. The average molecular weight is 394 g/mol. The minimum atomic E-state index is -0.375. The molecule has 0 atom stereocenters. The lowest BCUT2D eigenvalue weighted by Gasteiger charge is -2.10. The third-order valence-electron chi connectivity index (χ3n) is 4.15. The fourth-order valence-corrected chi connectivity index (χ4v) is 2.73. The predicted octanol–water partition coefficient (Wildman–Crippen LogP) is 2.96. The minimum absolute atomic E-state index is 0.151. The molecule has 0 spiro atoms. The number of benzene rings is 2. The van der Waals surface area contributed by atoms with Gasteiger partial charge in [0.25, 0.3) is 5.91 Å². The second-order valence-electron chi connectivity index (χ2n) is 6.25. The summed E-state index contributed by atoms with van der Waals surface area (Å²) in [6.45, 7) is 0.381. The maximum Gasteiger partial charge on any atom is 0.254 e. The van der Waals surface area contributed by atoms with Crippen molar-refractivity contribution in [3.63, 3.8) is 0 Å². The summed E-state index contributed by atoms with van der Waals surface area (Å²) in [4.78, 5) is 23.9. The molecule has 148 valence electrons. The van der Waals surface area contributed by atoms with Crippen LogP contribution in [-0.4, -0.2) is 25.2 Å². The number of carbonyl (C=O) groups excluding carboxylic acids is 2. The van der Waals surface area contributed by atoms with Crippen molar-refractivity contribution in [3.05, 3.63) is 72.2 Å². The minimum Gasteiger partial charge on any atom is -0.489 e. The molecule has 0 bridgehead atoms. The van der Waals surface area contributed by atoms with Crippen LogP contribution in [0, 0.1) is 0 Å². The van der Waals surface area contributed by atoms with E-state index in [1.54, 1.807) is 18.2 Å². The second kappa shape index (κ2) is 8.39. The molecule has 3 aromatic rings. The Hall–Kier alpha value is -3.94. The predicted molar refractivity (Wildman–Crippen MR) is 103 cm³/mol. The molecule has 2 heterocycles. The van der Waals surface area contributed by atoms with E-state index in [0.717, 1.165) is 5.56 Å². The van der Waals surface area contributed by atoms with Crippen LogP contribution < -0.4 is 24.8 Å². The van der Waals surface area contributed by atoms with Crippen molar-refractivity contribution < 1.29 is 28.2 Å². The molecule has 0 fully saturated rings. The Morgan fingerprint density at radius 1 is 1.03 bits per heavy atom. The molecule has 1 aromatic heterocycles. The molecular weight excluding hydrogens is 376 g/mol. The van der Waals surface area contributed by atoms with Gasteiger partial charge in [0, 0.05) is 11.8 Å². The lowest BCUT2D eigenvalue weighted by atomic mass is 10.2. The van der Waals surface area contributed by atoms with Gasteiger partial charge < -0.3 is 29.3 Å². The molecule has 8 heteroatoms. The number of hydrogen-bond donors (Lipinski definition) is 2. The zero-order chi connectivity index (χ0) is 20.1. The number of rotatable bonds is 7. The summed E-state index contributed by atoms with van der Waals surface area (Å²) in [6.07, 6.45) is 2.71. The van der Waals surface area contributed by atoms with E-state index in [1.165, 1.54) is 18.6 Å². The van der Waals surface area contributed by atoms with E-state index in [-0.39, 0.29) is 25.2 Å². The lowest BCUT2D eigenvalue weighted by Crippen LogP contribution is -2.32. The molecule has 2 aromatic carbocycles. The van der Waals surface area contributed by atoms with E-state index in [2.05, 4.69) is 10.6 Å². The second-order valence-corrected chi connectivity index (χ2v) is 6.25. The van der Waals surface area contributed by atoms with Gasteiger partial charge in [0.2, 0.25) is 12.7 Å². The van der Waals surface area contributed by atoms with E-state index in [4.69, 9.17) is 18.6 Å². The first-order chi connectivity index (χ1) is 14.2.